The highest BCUT2D eigenvalue weighted by Crippen LogP contribution is 2.14. The van der Waals surface area contributed by atoms with Gasteiger partial charge in [-0.15, -0.1) is 0 Å². The van der Waals surface area contributed by atoms with Crippen molar-refractivity contribution in [1.82, 2.24) is 14.9 Å². The van der Waals surface area contributed by atoms with Gasteiger partial charge < -0.3 is 0 Å². The molecule has 0 unspecified atom stereocenters. The fraction of sp³-hybridized carbons (Fsp3) is 0.400. The van der Waals surface area contributed by atoms with Crippen LogP contribution in [-0.2, 0) is 0 Å². The quantitative estimate of drug-likeness (QED) is 0.681. The molecule has 1 heterocycles. The molecule has 5 heteroatoms. The zero-order valence-corrected chi connectivity index (χ0v) is 13.1. The molecule has 0 amide bonds. The van der Waals surface area contributed by atoms with Crippen LogP contribution in [0.5, 0.6) is 0 Å². The van der Waals surface area contributed by atoms with E-state index in [1.807, 2.05) is 0 Å². The Morgan fingerprint density at radius 1 is 1.15 bits per heavy atom. The molecular formula is C15H20N4S. The zero-order chi connectivity index (χ0) is 14.7. The van der Waals surface area contributed by atoms with Gasteiger partial charge in [0.1, 0.15) is 0 Å². The lowest BCUT2D eigenvalue weighted by Crippen LogP contribution is -2.01. The second kappa shape index (κ2) is 6.13. The van der Waals surface area contributed by atoms with Gasteiger partial charge in [0.15, 0.2) is 5.82 Å². The van der Waals surface area contributed by atoms with Crippen molar-refractivity contribution in [1.29, 1.82) is 0 Å². The maximum atomic E-state index is 5.19. The van der Waals surface area contributed by atoms with Crippen LogP contribution < -0.4 is 0 Å². The van der Waals surface area contributed by atoms with Crippen LogP contribution in [0, 0.1) is 4.77 Å². The second-order valence-corrected chi connectivity index (χ2v) is 5.81. The Hall–Kier alpha value is -1.75. The fourth-order valence-corrected chi connectivity index (χ4v) is 2.07. The Kier molecular flexibility index (Phi) is 4.49. The predicted molar refractivity (Wildman–Crippen MR) is 85.0 cm³/mol. The summed E-state index contributed by atoms with van der Waals surface area (Å²) in [6, 6.07) is 8.39. The molecule has 1 aromatic heterocycles. The SMILES string of the molecule is CC(C)c1ccc(/C=N\n2c(C(C)C)n[nH]c2=S)cc1. The number of hydrogen-bond acceptors (Lipinski definition) is 3. The number of aromatic amines is 1. The highest BCUT2D eigenvalue weighted by atomic mass is 32.1. The van der Waals surface area contributed by atoms with Gasteiger partial charge in [-0.1, -0.05) is 52.0 Å². The van der Waals surface area contributed by atoms with Crippen LogP contribution >= 0.6 is 12.2 Å². The van der Waals surface area contributed by atoms with E-state index < -0.39 is 0 Å². The lowest BCUT2D eigenvalue weighted by Gasteiger charge is -2.05. The van der Waals surface area contributed by atoms with Crippen LogP contribution in [0.25, 0.3) is 0 Å². The van der Waals surface area contributed by atoms with Crippen molar-refractivity contribution in [3.63, 3.8) is 0 Å². The van der Waals surface area contributed by atoms with Crippen molar-refractivity contribution in [3.05, 3.63) is 46.0 Å². The normalized spacial score (nSPS) is 11.9. The number of benzene rings is 1. The van der Waals surface area contributed by atoms with E-state index in [0.29, 0.717) is 10.7 Å². The molecule has 0 spiro atoms. The van der Waals surface area contributed by atoms with Crippen LogP contribution in [0.2, 0.25) is 0 Å². The summed E-state index contributed by atoms with van der Waals surface area (Å²) in [5.74, 6) is 1.64. The Labute approximate surface area is 124 Å². The van der Waals surface area contributed by atoms with Crippen LogP contribution in [0.15, 0.2) is 29.4 Å². The van der Waals surface area contributed by atoms with Gasteiger partial charge in [0, 0.05) is 5.92 Å². The van der Waals surface area contributed by atoms with Crippen molar-refractivity contribution >= 4 is 18.4 Å². The van der Waals surface area contributed by atoms with Crippen molar-refractivity contribution in [2.45, 2.75) is 39.5 Å². The van der Waals surface area contributed by atoms with Gasteiger partial charge in [0.25, 0.3) is 0 Å². The monoisotopic (exact) mass is 288 g/mol. The number of nitrogens with zero attached hydrogens (tertiary/aromatic N) is 3. The Morgan fingerprint density at radius 2 is 1.80 bits per heavy atom. The topological polar surface area (TPSA) is 46.0 Å². The second-order valence-electron chi connectivity index (χ2n) is 5.42. The summed E-state index contributed by atoms with van der Waals surface area (Å²) >= 11 is 5.19. The van der Waals surface area contributed by atoms with Gasteiger partial charge in [-0.2, -0.15) is 14.9 Å². The number of H-pyrrole nitrogens is 1. The van der Waals surface area contributed by atoms with Gasteiger partial charge in [-0.25, -0.2) is 0 Å². The van der Waals surface area contributed by atoms with E-state index in [-0.39, 0.29) is 5.92 Å². The minimum absolute atomic E-state index is 0.267. The van der Waals surface area contributed by atoms with Gasteiger partial charge in [-0.3, -0.25) is 5.10 Å². The van der Waals surface area contributed by atoms with Crippen molar-refractivity contribution in [2.75, 3.05) is 0 Å². The van der Waals surface area contributed by atoms with Gasteiger partial charge in [-0.05, 0) is 29.3 Å². The number of hydrogen-bond donors (Lipinski definition) is 1. The van der Waals surface area contributed by atoms with E-state index in [0.717, 1.165) is 11.4 Å². The first-order chi connectivity index (χ1) is 9.49. The molecule has 2 aromatic rings. The third-order valence-electron chi connectivity index (χ3n) is 3.12. The van der Waals surface area contributed by atoms with E-state index in [1.165, 1.54) is 5.56 Å². The fourth-order valence-electron chi connectivity index (χ4n) is 1.88. The van der Waals surface area contributed by atoms with Crippen LogP contribution in [0.1, 0.15) is 56.5 Å². The van der Waals surface area contributed by atoms with Crippen LogP contribution in [0.4, 0.5) is 0 Å². The average Bonchev–Trinajstić information content (AvgIpc) is 2.78. The maximum absolute atomic E-state index is 5.19. The smallest absolute Gasteiger partial charge is 0.216 e. The maximum Gasteiger partial charge on any atom is 0.216 e. The minimum Gasteiger partial charge on any atom is -0.250 e. The molecule has 0 aliphatic heterocycles. The summed E-state index contributed by atoms with van der Waals surface area (Å²) in [4.78, 5) is 0. The lowest BCUT2D eigenvalue weighted by molar-refractivity contribution is 0.695. The van der Waals surface area contributed by atoms with E-state index in [4.69, 9.17) is 12.2 Å². The van der Waals surface area contributed by atoms with Crippen molar-refractivity contribution in [2.24, 2.45) is 5.10 Å². The molecule has 2 rings (SSSR count). The number of aromatic nitrogens is 3. The third kappa shape index (κ3) is 3.22. The zero-order valence-electron chi connectivity index (χ0n) is 12.3. The molecule has 0 radical (unpaired) electrons. The number of nitrogens with one attached hydrogen (secondary N) is 1. The molecule has 4 nitrogen and oxygen atoms in total. The Balaban J connectivity index is 2.25. The van der Waals surface area contributed by atoms with E-state index in [9.17, 15) is 0 Å². The summed E-state index contributed by atoms with van der Waals surface area (Å²) in [5, 5.41) is 11.4. The van der Waals surface area contributed by atoms with E-state index in [2.05, 4.69) is 67.3 Å². The molecule has 0 aliphatic carbocycles. The van der Waals surface area contributed by atoms with E-state index in [1.54, 1.807) is 10.9 Å². The van der Waals surface area contributed by atoms with Crippen LogP contribution in [0.3, 0.4) is 0 Å². The summed E-state index contributed by atoms with van der Waals surface area (Å²) in [6.45, 7) is 8.49. The summed E-state index contributed by atoms with van der Waals surface area (Å²) in [5.41, 5.74) is 2.37. The lowest BCUT2D eigenvalue weighted by atomic mass is 10.0. The Bertz CT molecular complexity index is 647. The van der Waals surface area contributed by atoms with Gasteiger partial charge in [0.2, 0.25) is 4.77 Å². The molecular weight excluding hydrogens is 268 g/mol. The third-order valence-corrected chi connectivity index (χ3v) is 3.38. The first-order valence-corrected chi connectivity index (χ1v) is 7.21. The van der Waals surface area contributed by atoms with Gasteiger partial charge in [0.05, 0.1) is 6.21 Å². The molecule has 1 aromatic carbocycles. The molecule has 0 saturated carbocycles. The predicted octanol–water partition coefficient (Wildman–Crippen LogP) is 4.07. The standard InChI is InChI=1S/C15H20N4S/c1-10(2)13-7-5-12(6-8-13)9-16-19-14(11(3)4)17-18-15(19)20/h5-11H,1-4H3,(H,18,20)/b16-9-. The first kappa shape index (κ1) is 14.7. The van der Waals surface area contributed by atoms with Crippen molar-refractivity contribution < 1.29 is 0 Å². The summed E-state index contributed by atoms with van der Waals surface area (Å²) in [6.07, 6.45) is 1.81. The largest absolute Gasteiger partial charge is 0.250 e. The number of rotatable bonds is 4. The summed E-state index contributed by atoms with van der Waals surface area (Å²) < 4.78 is 2.19. The molecule has 1 N–H and O–H groups in total. The summed E-state index contributed by atoms with van der Waals surface area (Å²) in [7, 11) is 0. The van der Waals surface area contributed by atoms with Gasteiger partial charge >= 0.3 is 0 Å². The van der Waals surface area contributed by atoms with Crippen LogP contribution in [-0.4, -0.2) is 21.1 Å². The molecule has 0 aliphatic rings. The molecule has 20 heavy (non-hydrogen) atoms. The van der Waals surface area contributed by atoms with E-state index >= 15 is 0 Å². The molecule has 0 atom stereocenters. The van der Waals surface area contributed by atoms with Crippen molar-refractivity contribution in [3.8, 4) is 0 Å². The highest BCUT2D eigenvalue weighted by molar-refractivity contribution is 7.71. The molecule has 0 bridgehead atoms. The molecule has 0 fully saturated rings. The first-order valence-electron chi connectivity index (χ1n) is 6.80. The average molecular weight is 288 g/mol. The highest BCUT2D eigenvalue weighted by Gasteiger charge is 2.08. The Morgan fingerprint density at radius 3 is 2.35 bits per heavy atom. The molecule has 106 valence electrons. The molecule has 0 saturated heterocycles. The minimum atomic E-state index is 0.267.